The molecule has 0 bridgehead atoms. The highest BCUT2D eigenvalue weighted by atomic mass is 19.1. The standard InChI is InChI=1S/C19H24FN5O2/c1-19(2,3)15(10-25-7-6-21-11-25)23-18(27)22-14-9-13(20)8-12-4-5-16(26)24-17(12)14/h6-9,11,15H,4-5,10H2,1-3H3,(H,24,26)(H2,22,23,27). The van der Waals surface area contributed by atoms with Crippen LogP contribution in [0.1, 0.15) is 32.8 Å². The molecule has 1 aromatic carbocycles. The number of amides is 3. The van der Waals surface area contributed by atoms with Crippen LogP contribution >= 0.6 is 0 Å². The number of carbonyl (C=O) groups is 2. The molecule has 1 aliphatic rings. The lowest BCUT2D eigenvalue weighted by atomic mass is 9.86. The van der Waals surface area contributed by atoms with Gasteiger partial charge in [-0.15, -0.1) is 0 Å². The monoisotopic (exact) mass is 373 g/mol. The molecule has 0 saturated heterocycles. The number of aryl methyl sites for hydroxylation is 1. The molecule has 144 valence electrons. The number of halogens is 1. The summed E-state index contributed by atoms with van der Waals surface area (Å²) in [5.41, 5.74) is 1.18. The third-order valence-corrected chi connectivity index (χ3v) is 4.62. The number of imidazole rings is 1. The van der Waals surface area contributed by atoms with Gasteiger partial charge in [0.1, 0.15) is 5.82 Å². The highest BCUT2D eigenvalue weighted by molar-refractivity contribution is 6.01. The first-order valence-electron chi connectivity index (χ1n) is 8.88. The van der Waals surface area contributed by atoms with Crippen molar-refractivity contribution in [3.8, 4) is 0 Å². The number of rotatable bonds is 4. The molecular weight excluding hydrogens is 349 g/mol. The van der Waals surface area contributed by atoms with Crippen LogP contribution in [0.4, 0.5) is 20.6 Å². The van der Waals surface area contributed by atoms with Gasteiger partial charge in [-0.25, -0.2) is 14.2 Å². The van der Waals surface area contributed by atoms with E-state index in [1.165, 1.54) is 12.1 Å². The van der Waals surface area contributed by atoms with E-state index in [2.05, 4.69) is 20.9 Å². The largest absolute Gasteiger partial charge is 0.335 e. The maximum absolute atomic E-state index is 13.9. The Morgan fingerprint density at radius 2 is 2.15 bits per heavy atom. The maximum atomic E-state index is 13.9. The van der Waals surface area contributed by atoms with E-state index < -0.39 is 11.8 Å². The number of urea groups is 1. The third kappa shape index (κ3) is 4.64. The van der Waals surface area contributed by atoms with E-state index in [0.717, 1.165) is 0 Å². The Morgan fingerprint density at radius 3 is 2.81 bits per heavy atom. The van der Waals surface area contributed by atoms with Gasteiger partial charge in [0.25, 0.3) is 0 Å². The van der Waals surface area contributed by atoms with Gasteiger partial charge in [-0.05, 0) is 29.5 Å². The van der Waals surface area contributed by atoms with Crippen molar-refractivity contribution < 1.29 is 14.0 Å². The van der Waals surface area contributed by atoms with Crippen LogP contribution in [0.2, 0.25) is 0 Å². The van der Waals surface area contributed by atoms with Gasteiger partial charge in [0.05, 0.1) is 23.7 Å². The lowest BCUT2D eigenvalue weighted by molar-refractivity contribution is -0.116. The van der Waals surface area contributed by atoms with Crippen molar-refractivity contribution in [3.05, 3.63) is 42.2 Å². The minimum atomic E-state index is -0.456. The number of aromatic nitrogens is 2. The Bertz CT molecular complexity index is 843. The van der Waals surface area contributed by atoms with Gasteiger partial charge in [-0.2, -0.15) is 0 Å². The Labute approximate surface area is 157 Å². The minimum Gasteiger partial charge on any atom is -0.335 e. The van der Waals surface area contributed by atoms with E-state index >= 15 is 0 Å². The number of anilines is 2. The fourth-order valence-corrected chi connectivity index (χ4v) is 3.02. The molecule has 0 aliphatic carbocycles. The van der Waals surface area contributed by atoms with Gasteiger partial charge < -0.3 is 20.5 Å². The van der Waals surface area contributed by atoms with Crippen LogP contribution in [0.5, 0.6) is 0 Å². The lowest BCUT2D eigenvalue weighted by Gasteiger charge is -2.32. The Morgan fingerprint density at radius 1 is 1.37 bits per heavy atom. The van der Waals surface area contributed by atoms with Crippen molar-refractivity contribution in [2.24, 2.45) is 5.41 Å². The van der Waals surface area contributed by atoms with Gasteiger partial charge in [-0.1, -0.05) is 20.8 Å². The molecule has 0 spiro atoms. The number of carbonyl (C=O) groups excluding carboxylic acids is 2. The van der Waals surface area contributed by atoms with Crippen molar-refractivity contribution >= 4 is 23.3 Å². The Hall–Kier alpha value is -2.90. The Kier molecular flexibility index (Phi) is 5.16. The van der Waals surface area contributed by atoms with Crippen molar-refractivity contribution in [2.75, 3.05) is 10.6 Å². The van der Waals surface area contributed by atoms with E-state index in [9.17, 15) is 14.0 Å². The summed E-state index contributed by atoms with van der Waals surface area (Å²) in [6.07, 6.45) is 5.95. The van der Waals surface area contributed by atoms with E-state index in [-0.39, 0.29) is 23.1 Å². The number of nitrogens with one attached hydrogen (secondary N) is 3. The van der Waals surface area contributed by atoms with Gasteiger partial charge in [-0.3, -0.25) is 4.79 Å². The molecule has 1 aliphatic heterocycles. The summed E-state index contributed by atoms with van der Waals surface area (Å²) in [6, 6.07) is 1.95. The number of nitrogens with zero attached hydrogens (tertiary/aromatic N) is 2. The molecule has 7 nitrogen and oxygen atoms in total. The van der Waals surface area contributed by atoms with E-state index in [1.807, 2.05) is 31.5 Å². The molecule has 2 aromatic rings. The minimum absolute atomic E-state index is 0.148. The average Bonchev–Trinajstić information content (AvgIpc) is 3.07. The number of hydrogen-bond acceptors (Lipinski definition) is 3. The number of benzene rings is 1. The van der Waals surface area contributed by atoms with Crippen molar-refractivity contribution in [1.82, 2.24) is 14.9 Å². The summed E-state index contributed by atoms with van der Waals surface area (Å²) in [6.45, 7) is 6.63. The average molecular weight is 373 g/mol. The topological polar surface area (TPSA) is 88.1 Å². The second kappa shape index (κ2) is 7.38. The molecule has 1 atom stereocenters. The highest BCUT2D eigenvalue weighted by Gasteiger charge is 2.27. The number of hydrogen-bond donors (Lipinski definition) is 3. The molecule has 3 amide bonds. The molecule has 1 unspecified atom stereocenters. The fourth-order valence-electron chi connectivity index (χ4n) is 3.02. The van der Waals surface area contributed by atoms with E-state index in [1.54, 1.807) is 12.5 Å². The second-order valence-corrected chi connectivity index (χ2v) is 7.81. The smallest absolute Gasteiger partial charge is 0.319 e. The van der Waals surface area contributed by atoms with Gasteiger partial charge in [0.2, 0.25) is 5.91 Å². The first-order chi connectivity index (χ1) is 12.7. The van der Waals surface area contributed by atoms with Crippen LogP contribution in [-0.2, 0) is 17.8 Å². The number of fused-ring (bicyclic) bond motifs is 1. The van der Waals surface area contributed by atoms with Crippen molar-refractivity contribution in [3.63, 3.8) is 0 Å². The van der Waals surface area contributed by atoms with Crippen molar-refractivity contribution in [1.29, 1.82) is 0 Å². The first-order valence-corrected chi connectivity index (χ1v) is 8.88. The molecule has 0 radical (unpaired) electrons. The third-order valence-electron chi connectivity index (χ3n) is 4.62. The van der Waals surface area contributed by atoms with Crippen LogP contribution in [0.3, 0.4) is 0 Å². The summed E-state index contributed by atoms with van der Waals surface area (Å²) < 4.78 is 15.8. The molecule has 1 aromatic heterocycles. The zero-order valence-electron chi connectivity index (χ0n) is 15.7. The van der Waals surface area contributed by atoms with Gasteiger partial charge >= 0.3 is 6.03 Å². The lowest BCUT2D eigenvalue weighted by Crippen LogP contribution is -2.48. The molecule has 8 heteroatoms. The fraction of sp³-hybridized carbons (Fsp3) is 0.421. The molecule has 0 saturated carbocycles. The van der Waals surface area contributed by atoms with Crippen LogP contribution in [-0.4, -0.2) is 27.5 Å². The van der Waals surface area contributed by atoms with Crippen LogP contribution in [0, 0.1) is 11.2 Å². The Balaban J connectivity index is 1.76. The zero-order chi connectivity index (χ0) is 19.6. The van der Waals surface area contributed by atoms with Crippen LogP contribution in [0.25, 0.3) is 0 Å². The quantitative estimate of drug-likeness (QED) is 0.769. The molecule has 2 heterocycles. The maximum Gasteiger partial charge on any atom is 0.319 e. The summed E-state index contributed by atoms with van der Waals surface area (Å²) in [7, 11) is 0. The van der Waals surface area contributed by atoms with Crippen LogP contribution in [0.15, 0.2) is 30.9 Å². The van der Waals surface area contributed by atoms with Crippen molar-refractivity contribution in [2.45, 2.75) is 46.2 Å². The summed E-state index contributed by atoms with van der Waals surface area (Å²) in [5, 5.41) is 8.35. The molecular formula is C19H24FN5O2. The second-order valence-electron chi connectivity index (χ2n) is 7.81. The summed E-state index contributed by atoms with van der Waals surface area (Å²) in [4.78, 5) is 28.3. The van der Waals surface area contributed by atoms with Gasteiger partial charge in [0.15, 0.2) is 0 Å². The molecule has 3 N–H and O–H groups in total. The van der Waals surface area contributed by atoms with Gasteiger partial charge in [0, 0.05) is 25.4 Å². The predicted octanol–water partition coefficient (Wildman–Crippen LogP) is 3.14. The SMILES string of the molecule is CC(C)(C)C(Cn1ccnc1)NC(=O)Nc1cc(F)cc2c1NC(=O)CC2. The van der Waals surface area contributed by atoms with Crippen LogP contribution < -0.4 is 16.0 Å². The first kappa shape index (κ1) is 18.9. The highest BCUT2D eigenvalue weighted by Crippen LogP contribution is 2.32. The molecule has 3 rings (SSSR count). The summed E-state index contributed by atoms with van der Waals surface area (Å²) >= 11 is 0. The molecule has 0 fully saturated rings. The normalized spacial score (nSPS) is 14.9. The van der Waals surface area contributed by atoms with E-state index in [0.29, 0.717) is 30.6 Å². The summed E-state index contributed by atoms with van der Waals surface area (Å²) in [5.74, 6) is -0.601. The molecule has 27 heavy (non-hydrogen) atoms. The zero-order valence-corrected chi connectivity index (χ0v) is 15.7. The predicted molar refractivity (Wildman–Crippen MR) is 101 cm³/mol. The van der Waals surface area contributed by atoms with E-state index in [4.69, 9.17) is 0 Å².